The second kappa shape index (κ2) is 9.76. The van der Waals surface area contributed by atoms with Crippen LogP contribution in [0.4, 0.5) is 0 Å². The van der Waals surface area contributed by atoms with Crippen LogP contribution in [0.1, 0.15) is 22.7 Å². The molecule has 0 aliphatic rings. The van der Waals surface area contributed by atoms with E-state index < -0.39 is 0 Å². The van der Waals surface area contributed by atoms with Crippen molar-refractivity contribution in [2.45, 2.75) is 12.6 Å². The van der Waals surface area contributed by atoms with Crippen molar-refractivity contribution in [3.63, 3.8) is 0 Å². The fourth-order valence-corrected chi connectivity index (χ4v) is 3.10. The molecule has 0 saturated carbocycles. The minimum Gasteiger partial charge on any atom is -0.497 e. The van der Waals surface area contributed by atoms with Crippen LogP contribution in [0.3, 0.4) is 0 Å². The van der Waals surface area contributed by atoms with Gasteiger partial charge in [-0.25, -0.2) is 0 Å². The summed E-state index contributed by atoms with van der Waals surface area (Å²) in [6.45, 7) is 0.639. The van der Waals surface area contributed by atoms with Gasteiger partial charge in [0, 0.05) is 6.54 Å². The van der Waals surface area contributed by atoms with Gasteiger partial charge in [-0.1, -0.05) is 54.6 Å². The average molecular weight is 393 g/mol. The molecule has 5 heteroatoms. The molecule has 3 aromatic carbocycles. The Bertz CT molecular complexity index is 881. The molecule has 0 bridgehead atoms. The van der Waals surface area contributed by atoms with Gasteiger partial charge in [-0.15, -0.1) is 0 Å². The Labute approximate surface area is 171 Å². The first-order valence-electron chi connectivity index (χ1n) is 9.06. The van der Waals surface area contributed by atoms with E-state index in [1.165, 1.54) is 0 Å². The molecule has 0 aromatic heterocycles. The lowest BCUT2D eigenvalue weighted by molar-refractivity contribution is 0.414. The molecule has 3 aromatic rings. The van der Waals surface area contributed by atoms with Gasteiger partial charge >= 0.3 is 0 Å². The zero-order valence-electron chi connectivity index (χ0n) is 16.0. The maximum atomic E-state index is 5.56. The largest absolute Gasteiger partial charge is 0.497 e. The van der Waals surface area contributed by atoms with Crippen molar-refractivity contribution < 1.29 is 9.47 Å². The van der Waals surface area contributed by atoms with E-state index in [1.807, 2.05) is 54.6 Å². The maximum absolute atomic E-state index is 5.56. The van der Waals surface area contributed by atoms with Gasteiger partial charge in [0.2, 0.25) is 0 Å². The standard InChI is InChI=1S/C23H24N2O2S/c1-26-20-12-8-17(9-13-20)16-24-23(28)25-22(18-6-4-3-5-7-18)19-10-14-21(27-2)15-11-19/h3-15,22H,16H2,1-2H3,(H2,24,25,28)/t22-/m1/s1. The Morgan fingerprint density at radius 1 is 0.786 bits per heavy atom. The average Bonchev–Trinajstić information content (AvgIpc) is 2.77. The van der Waals surface area contributed by atoms with Crippen LogP contribution in [0, 0.1) is 0 Å². The van der Waals surface area contributed by atoms with Crippen molar-refractivity contribution in [3.05, 3.63) is 95.6 Å². The summed E-state index contributed by atoms with van der Waals surface area (Å²) >= 11 is 5.56. The van der Waals surface area contributed by atoms with Gasteiger partial charge in [-0.05, 0) is 53.2 Å². The number of thiocarbonyl (C=S) groups is 1. The minimum atomic E-state index is -0.0528. The Morgan fingerprint density at radius 3 is 1.89 bits per heavy atom. The summed E-state index contributed by atoms with van der Waals surface area (Å²) in [4.78, 5) is 0. The lowest BCUT2D eigenvalue weighted by Gasteiger charge is -2.22. The molecule has 0 spiro atoms. The molecule has 28 heavy (non-hydrogen) atoms. The van der Waals surface area contributed by atoms with Crippen LogP contribution in [0.5, 0.6) is 11.5 Å². The zero-order valence-corrected chi connectivity index (χ0v) is 16.8. The van der Waals surface area contributed by atoms with Crippen molar-refractivity contribution in [2.24, 2.45) is 0 Å². The summed E-state index contributed by atoms with van der Waals surface area (Å²) in [5.74, 6) is 1.67. The highest BCUT2D eigenvalue weighted by molar-refractivity contribution is 7.80. The summed E-state index contributed by atoms with van der Waals surface area (Å²) < 4.78 is 10.5. The minimum absolute atomic E-state index is 0.0528. The topological polar surface area (TPSA) is 42.5 Å². The highest BCUT2D eigenvalue weighted by Gasteiger charge is 2.15. The molecular formula is C23H24N2O2S. The molecule has 0 heterocycles. The van der Waals surface area contributed by atoms with Gasteiger partial charge in [0.1, 0.15) is 11.5 Å². The molecule has 4 nitrogen and oxygen atoms in total. The molecule has 0 unspecified atom stereocenters. The number of ether oxygens (including phenoxy) is 2. The van der Waals surface area contributed by atoms with Crippen LogP contribution >= 0.6 is 12.2 Å². The SMILES string of the molecule is COc1ccc(CNC(=S)N[C@H](c2ccccc2)c2ccc(OC)cc2)cc1. The van der Waals surface area contributed by atoms with Crippen molar-refractivity contribution in [1.29, 1.82) is 0 Å². The van der Waals surface area contributed by atoms with Gasteiger partial charge in [0.25, 0.3) is 0 Å². The monoisotopic (exact) mass is 392 g/mol. The van der Waals surface area contributed by atoms with E-state index >= 15 is 0 Å². The van der Waals surface area contributed by atoms with E-state index in [9.17, 15) is 0 Å². The van der Waals surface area contributed by atoms with Crippen LogP contribution < -0.4 is 20.1 Å². The third-order valence-electron chi connectivity index (χ3n) is 4.47. The van der Waals surface area contributed by atoms with E-state index in [0.29, 0.717) is 11.7 Å². The van der Waals surface area contributed by atoms with Crippen LogP contribution in [0.25, 0.3) is 0 Å². The number of methoxy groups -OCH3 is 2. The van der Waals surface area contributed by atoms with Crippen molar-refractivity contribution in [1.82, 2.24) is 10.6 Å². The molecular weight excluding hydrogens is 368 g/mol. The van der Waals surface area contributed by atoms with E-state index in [2.05, 4.69) is 34.9 Å². The van der Waals surface area contributed by atoms with Crippen LogP contribution in [0.2, 0.25) is 0 Å². The molecule has 1 atom stereocenters. The predicted molar refractivity (Wildman–Crippen MR) is 117 cm³/mol. The molecule has 2 N–H and O–H groups in total. The van der Waals surface area contributed by atoms with Crippen LogP contribution in [-0.4, -0.2) is 19.3 Å². The van der Waals surface area contributed by atoms with E-state index in [0.717, 1.165) is 28.2 Å². The number of rotatable bonds is 7. The summed E-state index contributed by atoms with van der Waals surface area (Å²) in [6, 6.07) is 26.1. The van der Waals surface area contributed by atoms with Gasteiger partial charge in [-0.2, -0.15) is 0 Å². The quantitative estimate of drug-likeness (QED) is 0.581. The molecule has 0 aliphatic carbocycles. The Morgan fingerprint density at radius 2 is 1.32 bits per heavy atom. The molecule has 0 radical (unpaired) electrons. The third kappa shape index (κ3) is 5.24. The summed E-state index contributed by atoms with van der Waals surface area (Å²) in [5.41, 5.74) is 3.38. The van der Waals surface area contributed by atoms with Gasteiger partial charge in [-0.3, -0.25) is 0 Å². The first kappa shape index (κ1) is 19.7. The van der Waals surface area contributed by atoms with E-state index in [4.69, 9.17) is 21.7 Å². The number of hydrogen-bond donors (Lipinski definition) is 2. The van der Waals surface area contributed by atoms with Gasteiger partial charge < -0.3 is 20.1 Å². The molecule has 0 aliphatic heterocycles. The predicted octanol–water partition coefficient (Wildman–Crippen LogP) is 4.46. The molecule has 144 valence electrons. The second-order valence-electron chi connectivity index (χ2n) is 6.29. The van der Waals surface area contributed by atoms with Crippen molar-refractivity contribution in [3.8, 4) is 11.5 Å². The zero-order chi connectivity index (χ0) is 19.8. The van der Waals surface area contributed by atoms with Crippen molar-refractivity contribution in [2.75, 3.05) is 14.2 Å². The number of nitrogens with one attached hydrogen (secondary N) is 2. The highest BCUT2D eigenvalue weighted by Crippen LogP contribution is 2.24. The Balaban J connectivity index is 1.70. The lowest BCUT2D eigenvalue weighted by atomic mass is 9.99. The Kier molecular flexibility index (Phi) is 6.87. The van der Waals surface area contributed by atoms with Crippen molar-refractivity contribution >= 4 is 17.3 Å². The summed E-state index contributed by atoms with van der Waals surface area (Å²) in [5, 5.41) is 7.32. The fourth-order valence-electron chi connectivity index (χ4n) is 2.91. The van der Waals surface area contributed by atoms with Gasteiger partial charge in [0.15, 0.2) is 5.11 Å². The number of hydrogen-bond acceptors (Lipinski definition) is 3. The first-order chi connectivity index (χ1) is 13.7. The fraction of sp³-hybridized carbons (Fsp3) is 0.174. The second-order valence-corrected chi connectivity index (χ2v) is 6.70. The maximum Gasteiger partial charge on any atom is 0.167 e. The number of benzene rings is 3. The molecule has 0 fully saturated rings. The third-order valence-corrected chi connectivity index (χ3v) is 4.73. The smallest absolute Gasteiger partial charge is 0.167 e. The summed E-state index contributed by atoms with van der Waals surface area (Å²) in [7, 11) is 3.33. The van der Waals surface area contributed by atoms with E-state index in [1.54, 1.807) is 14.2 Å². The molecule has 0 amide bonds. The Hall–Kier alpha value is -3.05. The first-order valence-corrected chi connectivity index (χ1v) is 9.46. The van der Waals surface area contributed by atoms with Gasteiger partial charge in [0.05, 0.1) is 20.3 Å². The highest BCUT2D eigenvalue weighted by atomic mass is 32.1. The molecule has 0 saturated heterocycles. The van der Waals surface area contributed by atoms with E-state index in [-0.39, 0.29) is 6.04 Å². The molecule has 3 rings (SSSR count). The lowest BCUT2D eigenvalue weighted by Crippen LogP contribution is -2.37. The van der Waals surface area contributed by atoms with Crippen LogP contribution in [-0.2, 0) is 6.54 Å². The summed E-state index contributed by atoms with van der Waals surface area (Å²) in [6.07, 6.45) is 0. The van der Waals surface area contributed by atoms with Crippen LogP contribution in [0.15, 0.2) is 78.9 Å². The normalized spacial score (nSPS) is 11.4.